The minimum atomic E-state index is -0.0405. The van der Waals surface area contributed by atoms with Crippen LogP contribution in [-0.4, -0.2) is 40.5 Å². The molecule has 1 saturated heterocycles. The highest BCUT2D eigenvalue weighted by molar-refractivity contribution is 6.06. The predicted molar refractivity (Wildman–Crippen MR) is 100 cm³/mol. The zero-order valence-corrected chi connectivity index (χ0v) is 15.5. The first-order valence-electron chi connectivity index (χ1n) is 10.3. The standard InChI is InChI=1S/C21H29N3O2/c25-19(17-9-5-2-6-10-17)20-22-21(26-23-20)18-11-13-24(14-12-18)15-16-7-3-1-4-8-16/h3,7,9,16,18H,1-2,4-6,8,10-15H2. The average Bonchev–Trinajstić information content (AvgIpc) is 3.20. The Hall–Kier alpha value is -1.75. The van der Waals surface area contributed by atoms with Crippen LogP contribution in [0.2, 0.25) is 0 Å². The highest BCUT2D eigenvalue weighted by Gasteiger charge is 2.28. The van der Waals surface area contributed by atoms with Gasteiger partial charge in [0.2, 0.25) is 17.5 Å². The number of piperidine rings is 1. The molecular weight excluding hydrogens is 326 g/mol. The fraction of sp³-hybridized carbons (Fsp3) is 0.667. The summed E-state index contributed by atoms with van der Waals surface area (Å²) in [6.07, 6.45) is 16.8. The normalized spacial score (nSPS) is 25.2. The highest BCUT2D eigenvalue weighted by Crippen LogP contribution is 2.29. The van der Waals surface area contributed by atoms with Crippen molar-refractivity contribution in [2.75, 3.05) is 19.6 Å². The van der Waals surface area contributed by atoms with E-state index < -0.39 is 0 Å². The monoisotopic (exact) mass is 355 g/mol. The average molecular weight is 355 g/mol. The van der Waals surface area contributed by atoms with Crippen molar-refractivity contribution in [1.82, 2.24) is 15.0 Å². The number of likely N-dealkylation sites (tertiary alicyclic amines) is 1. The molecule has 3 aliphatic rings. The summed E-state index contributed by atoms with van der Waals surface area (Å²) in [6, 6.07) is 0. The Morgan fingerprint density at radius 2 is 2.04 bits per heavy atom. The van der Waals surface area contributed by atoms with Crippen molar-refractivity contribution in [2.24, 2.45) is 5.92 Å². The number of carbonyl (C=O) groups is 1. The minimum Gasteiger partial charge on any atom is -0.339 e. The van der Waals surface area contributed by atoms with E-state index in [2.05, 4.69) is 27.2 Å². The van der Waals surface area contributed by atoms with E-state index in [1.165, 1.54) is 32.2 Å². The Labute approximate surface area is 155 Å². The molecule has 2 heterocycles. The fourth-order valence-corrected chi connectivity index (χ4v) is 4.41. The van der Waals surface area contributed by atoms with Crippen LogP contribution in [0.15, 0.2) is 28.3 Å². The first kappa shape index (κ1) is 17.7. The van der Waals surface area contributed by atoms with Crippen LogP contribution in [0.1, 0.15) is 80.2 Å². The Balaban J connectivity index is 1.31. The van der Waals surface area contributed by atoms with Gasteiger partial charge < -0.3 is 9.42 Å². The largest absolute Gasteiger partial charge is 0.339 e. The van der Waals surface area contributed by atoms with E-state index in [9.17, 15) is 4.79 Å². The number of aromatic nitrogens is 2. The molecular formula is C21H29N3O2. The lowest BCUT2D eigenvalue weighted by molar-refractivity contribution is 0.101. The van der Waals surface area contributed by atoms with Crippen molar-refractivity contribution in [1.29, 1.82) is 0 Å². The molecule has 0 aromatic carbocycles. The number of rotatable bonds is 5. The van der Waals surface area contributed by atoms with Gasteiger partial charge in [0, 0.05) is 12.5 Å². The first-order valence-corrected chi connectivity index (χ1v) is 10.3. The van der Waals surface area contributed by atoms with E-state index in [1.807, 2.05) is 6.08 Å². The lowest BCUT2D eigenvalue weighted by atomic mass is 9.92. The molecule has 1 aromatic heterocycles. The smallest absolute Gasteiger partial charge is 0.243 e. The third-order valence-electron chi connectivity index (χ3n) is 6.01. The quantitative estimate of drug-likeness (QED) is 0.582. The highest BCUT2D eigenvalue weighted by atomic mass is 16.5. The van der Waals surface area contributed by atoms with Crippen LogP contribution in [-0.2, 0) is 0 Å². The number of hydrogen-bond acceptors (Lipinski definition) is 5. The summed E-state index contributed by atoms with van der Waals surface area (Å²) in [5, 5.41) is 3.98. The van der Waals surface area contributed by atoms with Crippen molar-refractivity contribution in [2.45, 2.75) is 63.7 Å². The van der Waals surface area contributed by atoms with Gasteiger partial charge in [0.05, 0.1) is 0 Å². The predicted octanol–water partition coefficient (Wildman–Crippen LogP) is 4.29. The van der Waals surface area contributed by atoms with Gasteiger partial charge in [-0.25, -0.2) is 0 Å². The van der Waals surface area contributed by atoms with E-state index in [4.69, 9.17) is 4.52 Å². The van der Waals surface area contributed by atoms with Crippen molar-refractivity contribution in [3.63, 3.8) is 0 Å². The van der Waals surface area contributed by atoms with Crippen LogP contribution < -0.4 is 0 Å². The van der Waals surface area contributed by atoms with Crippen molar-refractivity contribution in [3.05, 3.63) is 35.5 Å². The van der Waals surface area contributed by atoms with Crippen LogP contribution in [0.5, 0.6) is 0 Å². The van der Waals surface area contributed by atoms with Gasteiger partial charge in [-0.3, -0.25) is 4.79 Å². The molecule has 0 N–H and O–H groups in total. The summed E-state index contributed by atoms with van der Waals surface area (Å²) in [7, 11) is 0. The zero-order valence-electron chi connectivity index (χ0n) is 15.5. The molecule has 26 heavy (non-hydrogen) atoms. The number of allylic oxidation sites excluding steroid dienone is 3. The molecule has 0 bridgehead atoms. The lowest BCUT2D eigenvalue weighted by Crippen LogP contribution is -2.36. The Bertz CT molecular complexity index is 683. The minimum absolute atomic E-state index is 0.0405. The molecule has 2 aliphatic carbocycles. The van der Waals surface area contributed by atoms with Gasteiger partial charge in [0.1, 0.15) is 0 Å². The molecule has 1 fully saturated rings. The van der Waals surface area contributed by atoms with Crippen LogP contribution in [0.4, 0.5) is 0 Å². The van der Waals surface area contributed by atoms with E-state index >= 15 is 0 Å². The van der Waals surface area contributed by atoms with Gasteiger partial charge in [0.15, 0.2) is 0 Å². The molecule has 5 nitrogen and oxygen atoms in total. The maximum absolute atomic E-state index is 12.5. The third kappa shape index (κ3) is 4.14. The number of carbonyl (C=O) groups excluding carboxylic acids is 1. The molecule has 1 atom stereocenters. The summed E-state index contributed by atoms with van der Waals surface area (Å²) >= 11 is 0. The molecule has 140 valence electrons. The molecule has 0 saturated carbocycles. The maximum atomic E-state index is 12.5. The molecule has 1 aliphatic heterocycles. The van der Waals surface area contributed by atoms with Gasteiger partial charge in [-0.2, -0.15) is 4.98 Å². The lowest BCUT2D eigenvalue weighted by Gasteiger charge is -2.33. The number of ketones is 1. The molecule has 1 unspecified atom stereocenters. The Kier molecular flexibility index (Phi) is 5.63. The van der Waals surface area contributed by atoms with Crippen LogP contribution in [0, 0.1) is 5.92 Å². The Morgan fingerprint density at radius 1 is 1.15 bits per heavy atom. The van der Waals surface area contributed by atoms with E-state index in [1.54, 1.807) is 0 Å². The van der Waals surface area contributed by atoms with Crippen LogP contribution >= 0.6 is 0 Å². The topological polar surface area (TPSA) is 59.2 Å². The van der Waals surface area contributed by atoms with Crippen LogP contribution in [0.3, 0.4) is 0 Å². The molecule has 4 rings (SSSR count). The van der Waals surface area contributed by atoms with Crippen LogP contribution in [0.25, 0.3) is 0 Å². The van der Waals surface area contributed by atoms with Crippen molar-refractivity contribution < 1.29 is 9.32 Å². The number of Topliss-reactive ketones (excluding diaryl/α,β-unsaturated/α-hetero) is 1. The maximum Gasteiger partial charge on any atom is 0.243 e. The Morgan fingerprint density at radius 3 is 2.77 bits per heavy atom. The first-order chi connectivity index (χ1) is 12.8. The second kappa shape index (κ2) is 8.30. The van der Waals surface area contributed by atoms with Gasteiger partial charge >= 0.3 is 0 Å². The summed E-state index contributed by atoms with van der Waals surface area (Å²) in [5.41, 5.74) is 0.860. The molecule has 5 heteroatoms. The number of nitrogens with zero attached hydrogens (tertiary/aromatic N) is 3. The van der Waals surface area contributed by atoms with Gasteiger partial charge in [-0.15, -0.1) is 0 Å². The van der Waals surface area contributed by atoms with Crippen molar-refractivity contribution in [3.8, 4) is 0 Å². The summed E-state index contributed by atoms with van der Waals surface area (Å²) in [6.45, 7) is 3.32. The zero-order chi connectivity index (χ0) is 17.8. The van der Waals surface area contributed by atoms with Gasteiger partial charge in [0.25, 0.3) is 0 Å². The SMILES string of the molecule is O=C(C1=CCCCC1)c1noc(C2CCN(CC3C=CCCC3)CC2)n1. The van der Waals surface area contributed by atoms with Gasteiger partial charge in [-0.05, 0) is 82.4 Å². The van der Waals surface area contributed by atoms with Gasteiger partial charge in [-0.1, -0.05) is 23.4 Å². The van der Waals surface area contributed by atoms with E-state index in [0.717, 1.165) is 56.7 Å². The molecule has 0 radical (unpaired) electrons. The third-order valence-corrected chi connectivity index (χ3v) is 6.01. The second-order valence-corrected chi connectivity index (χ2v) is 7.95. The second-order valence-electron chi connectivity index (χ2n) is 7.95. The summed E-state index contributed by atoms with van der Waals surface area (Å²) in [4.78, 5) is 19.5. The fourth-order valence-electron chi connectivity index (χ4n) is 4.41. The number of hydrogen-bond donors (Lipinski definition) is 0. The van der Waals surface area contributed by atoms with E-state index in [0.29, 0.717) is 11.8 Å². The summed E-state index contributed by atoms with van der Waals surface area (Å²) < 4.78 is 5.46. The van der Waals surface area contributed by atoms with E-state index in [-0.39, 0.29) is 11.6 Å². The molecule has 1 aromatic rings. The summed E-state index contributed by atoms with van der Waals surface area (Å²) in [5.74, 6) is 1.88. The molecule has 0 amide bonds. The van der Waals surface area contributed by atoms with Crippen molar-refractivity contribution >= 4 is 5.78 Å². The molecule has 0 spiro atoms.